The monoisotopic (exact) mass is 383 g/mol. The predicted octanol–water partition coefficient (Wildman–Crippen LogP) is 4.67. The van der Waals surface area contributed by atoms with E-state index in [4.69, 9.17) is 9.47 Å². The van der Waals surface area contributed by atoms with Crippen LogP contribution in [0.4, 0.5) is 13.2 Å². The van der Waals surface area contributed by atoms with Crippen LogP contribution in [0.25, 0.3) is 0 Å². The summed E-state index contributed by atoms with van der Waals surface area (Å²) < 4.78 is 50.4. The van der Waals surface area contributed by atoms with Crippen molar-refractivity contribution in [3.63, 3.8) is 0 Å². The molecule has 1 fully saturated rings. The first-order chi connectivity index (χ1) is 13.0. The molecule has 1 aromatic carbocycles. The number of alkyl halides is 3. The van der Waals surface area contributed by atoms with Gasteiger partial charge in [0.15, 0.2) is 6.29 Å². The van der Waals surface area contributed by atoms with Crippen molar-refractivity contribution >= 4 is 0 Å². The van der Waals surface area contributed by atoms with Crippen molar-refractivity contribution in [2.24, 2.45) is 0 Å². The van der Waals surface area contributed by atoms with E-state index in [0.29, 0.717) is 24.4 Å². The number of ether oxygens (including phenoxy) is 2. The molecule has 27 heavy (non-hydrogen) atoms. The number of benzene rings is 1. The van der Waals surface area contributed by atoms with E-state index >= 15 is 0 Å². The molecule has 0 saturated carbocycles. The van der Waals surface area contributed by atoms with E-state index in [0.717, 1.165) is 44.8 Å². The third kappa shape index (κ3) is 5.77. The number of rotatable bonds is 8. The van der Waals surface area contributed by atoms with E-state index in [1.807, 2.05) is 0 Å². The van der Waals surface area contributed by atoms with Crippen LogP contribution in [-0.4, -0.2) is 34.7 Å². The minimum Gasteiger partial charge on any atom is -0.353 e. The Morgan fingerprint density at radius 3 is 2.85 bits per heavy atom. The van der Waals surface area contributed by atoms with Gasteiger partial charge in [-0.3, -0.25) is 5.10 Å². The van der Waals surface area contributed by atoms with Gasteiger partial charge >= 0.3 is 6.18 Å². The number of halogens is 3. The zero-order chi connectivity index (χ0) is 19.1. The second-order valence-corrected chi connectivity index (χ2v) is 6.71. The molecule has 1 aliphatic heterocycles. The Hall–Kier alpha value is -1.93. The summed E-state index contributed by atoms with van der Waals surface area (Å²) in [6.07, 6.45) is 2.28. The summed E-state index contributed by atoms with van der Waals surface area (Å²) in [4.78, 5) is 4.16. The summed E-state index contributed by atoms with van der Waals surface area (Å²) in [6, 6.07) is 5.42. The highest BCUT2D eigenvalue weighted by Gasteiger charge is 2.31. The molecule has 2 heterocycles. The van der Waals surface area contributed by atoms with Gasteiger partial charge in [-0.1, -0.05) is 24.6 Å². The second kappa shape index (κ2) is 9.32. The van der Waals surface area contributed by atoms with E-state index < -0.39 is 11.7 Å². The summed E-state index contributed by atoms with van der Waals surface area (Å²) in [5.41, 5.74) is -0.0691. The van der Waals surface area contributed by atoms with Gasteiger partial charge < -0.3 is 9.47 Å². The standard InChI is InChI=1S/C19H24F3N3O2/c20-19(21,22)15-7-5-6-14(12-15)16(18-23-13-24-25-18)8-1-3-10-26-17-9-2-4-11-27-17/h5-7,12-13,16-17H,1-4,8-11H2,(H,23,24,25). The molecule has 5 nitrogen and oxygen atoms in total. The zero-order valence-corrected chi connectivity index (χ0v) is 15.0. The fraction of sp³-hybridized carbons (Fsp3) is 0.579. The highest BCUT2D eigenvalue weighted by molar-refractivity contribution is 5.31. The quantitative estimate of drug-likeness (QED) is 0.673. The Balaban J connectivity index is 1.58. The van der Waals surface area contributed by atoms with Crippen LogP contribution in [0.15, 0.2) is 30.6 Å². The Morgan fingerprint density at radius 1 is 1.26 bits per heavy atom. The minimum absolute atomic E-state index is 0.118. The number of H-pyrrole nitrogens is 1. The molecular formula is C19H24F3N3O2. The first kappa shape index (κ1) is 19.8. The first-order valence-corrected chi connectivity index (χ1v) is 9.29. The maximum absolute atomic E-state index is 13.0. The van der Waals surface area contributed by atoms with Crippen molar-refractivity contribution in [3.8, 4) is 0 Å². The number of hydrogen-bond acceptors (Lipinski definition) is 4. The Labute approximate surface area is 156 Å². The maximum atomic E-state index is 13.0. The number of aromatic nitrogens is 3. The van der Waals surface area contributed by atoms with Gasteiger partial charge in [0, 0.05) is 19.1 Å². The molecular weight excluding hydrogens is 359 g/mol. The molecule has 1 aliphatic rings. The lowest BCUT2D eigenvalue weighted by molar-refractivity contribution is -0.162. The van der Waals surface area contributed by atoms with Crippen LogP contribution in [0, 0.1) is 0 Å². The van der Waals surface area contributed by atoms with Crippen molar-refractivity contribution < 1.29 is 22.6 Å². The lowest BCUT2D eigenvalue weighted by Gasteiger charge is -2.22. The summed E-state index contributed by atoms with van der Waals surface area (Å²) >= 11 is 0. The van der Waals surface area contributed by atoms with Crippen LogP contribution in [0.5, 0.6) is 0 Å². The molecule has 1 saturated heterocycles. The smallest absolute Gasteiger partial charge is 0.353 e. The number of hydrogen-bond donors (Lipinski definition) is 1. The van der Waals surface area contributed by atoms with Crippen LogP contribution in [0.1, 0.15) is 61.4 Å². The summed E-state index contributed by atoms with van der Waals surface area (Å²) in [5.74, 6) is 0.312. The van der Waals surface area contributed by atoms with Gasteiger partial charge in [0.2, 0.25) is 0 Å². The highest BCUT2D eigenvalue weighted by Crippen LogP contribution is 2.34. The van der Waals surface area contributed by atoms with E-state index in [9.17, 15) is 13.2 Å². The number of nitrogens with one attached hydrogen (secondary N) is 1. The lowest BCUT2D eigenvalue weighted by atomic mass is 9.91. The van der Waals surface area contributed by atoms with Crippen LogP contribution >= 0.6 is 0 Å². The van der Waals surface area contributed by atoms with Crippen LogP contribution in [0.3, 0.4) is 0 Å². The van der Waals surface area contributed by atoms with E-state index in [1.54, 1.807) is 6.07 Å². The molecule has 3 rings (SSSR count). The molecule has 2 aromatic rings. The van der Waals surface area contributed by atoms with Gasteiger partial charge in [0.05, 0.1) is 5.56 Å². The molecule has 0 radical (unpaired) electrons. The second-order valence-electron chi connectivity index (χ2n) is 6.71. The van der Waals surface area contributed by atoms with E-state index in [-0.39, 0.29) is 12.2 Å². The average molecular weight is 383 g/mol. The van der Waals surface area contributed by atoms with Crippen molar-refractivity contribution in [2.45, 2.75) is 56.9 Å². The van der Waals surface area contributed by atoms with Gasteiger partial charge in [-0.05, 0) is 43.7 Å². The maximum Gasteiger partial charge on any atom is 0.416 e. The molecule has 2 unspecified atom stereocenters. The van der Waals surface area contributed by atoms with Gasteiger partial charge in [-0.2, -0.15) is 18.3 Å². The topological polar surface area (TPSA) is 60.0 Å². The largest absolute Gasteiger partial charge is 0.416 e. The fourth-order valence-corrected chi connectivity index (χ4v) is 3.28. The molecule has 1 aromatic heterocycles. The van der Waals surface area contributed by atoms with Crippen molar-refractivity contribution in [1.29, 1.82) is 0 Å². The Kier molecular flexibility index (Phi) is 6.84. The molecule has 1 N–H and O–H groups in total. The molecule has 0 aliphatic carbocycles. The Bertz CT molecular complexity index is 686. The van der Waals surface area contributed by atoms with Gasteiger partial charge in [0.1, 0.15) is 12.2 Å². The molecule has 8 heteroatoms. The van der Waals surface area contributed by atoms with E-state index in [1.165, 1.54) is 18.5 Å². The molecule has 148 valence electrons. The Morgan fingerprint density at radius 2 is 2.15 bits per heavy atom. The van der Waals surface area contributed by atoms with Crippen LogP contribution in [-0.2, 0) is 15.7 Å². The number of nitrogens with zero attached hydrogens (tertiary/aromatic N) is 2. The lowest BCUT2D eigenvalue weighted by Crippen LogP contribution is -2.22. The number of unbranched alkanes of at least 4 members (excludes halogenated alkanes) is 1. The average Bonchev–Trinajstić information content (AvgIpc) is 3.19. The minimum atomic E-state index is -4.37. The third-order valence-corrected chi connectivity index (χ3v) is 4.71. The number of aromatic amines is 1. The van der Waals surface area contributed by atoms with E-state index in [2.05, 4.69) is 15.2 Å². The highest BCUT2D eigenvalue weighted by atomic mass is 19.4. The summed E-state index contributed by atoms with van der Waals surface area (Å²) in [6.45, 7) is 1.32. The van der Waals surface area contributed by atoms with Crippen molar-refractivity contribution in [3.05, 3.63) is 47.5 Å². The SMILES string of the molecule is FC(F)(F)c1cccc(C(CCCCOC2CCCCO2)c2ncn[nH]2)c1. The normalized spacial score (nSPS) is 19.1. The van der Waals surface area contributed by atoms with Crippen LogP contribution in [0.2, 0.25) is 0 Å². The van der Waals surface area contributed by atoms with Gasteiger partial charge in [0.25, 0.3) is 0 Å². The van der Waals surface area contributed by atoms with Gasteiger partial charge in [-0.25, -0.2) is 4.98 Å². The third-order valence-electron chi connectivity index (χ3n) is 4.71. The fourth-order valence-electron chi connectivity index (χ4n) is 3.28. The molecule has 0 spiro atoms. The van der Waals surface area contributed by atoms with Crippen molar-refractivity contribution in [1.82, 2.24) is 15.2 Å². The predicted molar refractivity (Wildman–Crippen MR) is 93.1 cm³/mol. The summed E-state index contributed by atoms with van der Waals surface area (Å²) in [5, 5.41) is 6.64. The van der Waals surface area contributed by atoms with Gasteiger partial charge in [-0.15, -0.1) is 0 Å². The zero-order valence-electron chi connectivity index (χ0n) is 15.0. The van der Waals surface area contributed by atoms with Crippen molar-refractivity contribution in [2.75, 3.05) is 13.2 Å². The molecule has 2 atom stereocenters. The molecule has 0 amide bonds. The summed E-state index contributed by atoms with van der Waals surface area (Å²) in [7, 11) is 0. The molecule has 0 bridgehead atoms. The van der Waals surface area contributed by atoms with Crippen LogP contribution < -0.4 is 0 Å². The first-order valence-electron chi connectivity index (χ1n) is 9.29.